The van der Waals surface area contributed by atoms with E-state index in [0.29, 0.717) is 6.54 Å². The Hall–Kier alpha value is -1.36. The second kappa shape index (κ2) is 6.18. The lowest BCUT2D eigenvalue weighted by Gasteiger charge is -2.21. The monoisotopic (exact) mass is 360 g/mol. The van der Waals surface area contributed by atoms with Crippen molar-refractivity contribution in [3.05, 3.63) is 62.8 Å². The minimum absolute atomic E-state index is 0.572. The average Bonchev–Trinajstić information content (AvgIpc) is 2.91. The maximum absolute atomic E-state index is 5.85. The zero-order chi connectivity index (χ0) is 14.8. The van der Waals surface area contributed by atoms with E-state index >= 15 is 0 Å². The normalized spacial score (nSPS) is 11.0. The van der Waals surface area contributed by atoms with Crippen LogP contribution in [0.15, 0.2) is 52.3 Å². The van der Waals surface area contributed by atoms with Gasteiger partial charge in [-0.25, -0.2) is 0 Å². The number of rotatable bonds is 4. The Morgan fingerprint density at radius 2 is 1.90 bits per heavy atom. The van der Waals surface area contributed by atoms with Gasteiger partial charge >= 0.3 is 0 Å². The summed E-state index contributed by atoms with van der Waals surface area (Å²) in [7, 11) is 2.14. The van der Waals surface area contributed by atoms with E-state index in [1.165, 1.54) is 26.9 Å². The van der Waals surface area contributed by atoms with Gasteiger partial charge in [0.2, 0.25) is 0 Å². The highest BCUT2D eigenvalue weighted by Crippen LogP contribution is 2.30. The first-order chi connectivity index (χ1) is 10.2. The van der Waals surface area contributed by atoms with Gasteiger partial charge in [0.05, 0.1) is 6.54 Å². The van der Waals surface area contributed by atoms with Crippen molar-refractivity contribution >= 4 is 43.7 Å². The van der Waals surface area contributed by atoms with Crippen molar-refractivity contribution in [2.75, 3.05) is 11.9 Å². The molecule has 0 unspecified atom stereocenters. The number of thiophene rings is 1. The molecule has 3 rings (SSSR count). The second-order valence-electron chi connectivity index (χ2n) is 5.08. The standard InChI is InChI=1S/C17H17BrN2S/c1-20(10-14-8-13(18)11-21-14)17-7-6-12(9-19)15-4-2-3-5-16(15)17/h2-8,11H,9-10,19H2,1H3. The molecule has 0 radical (unpaired) electrons. The van der Waals surface area contributed by atoms with Gasteiger partial charge in [0.15, 0.2) is 0 Å². The van der Waals surface area contributed by atoms with Gasteiger partial charge < -0.3 is 10.6 Å². The molecule has 0 aliphatic heterocycles. The largest absolute Gasteiger partial charge is 0.369 e. The number of nitrogens with zero attached hydrogens (tertiary/aromatic N) is 1. The van der Waals surface area contributed by atoms with E-state index in [0.717, 1.165) is 11.0 Å². The lowest BCUT2D eigenvalue weighted by molar-refractivity contribution is 0.944. The first kappa shape index (κ1) is 14.6. The molecule has 2 nitrogen and oxygen atoms in total. The summed E-state index contributed by atoms with van der Waals surface area (Å²) in [5.41, 5.74) is 8.29. The molecule has 0 atom stereocenters. The van der Waals surface area contributed by atoms with Crippen LogP contribution in [0.2, 0.25) is 0 Å². The van der Waals surface area contributed by atoms with Crippen LogP contribution in [0, 0.1) is 0 Å². The topological polar surface area (TPSA) is 29.3 Å². The summed E-state index contributed by atoms with van der Waals surface area (Å²) in [5, 5.41) is 4.63. The SMILES string of the molecule is CN(Cc1cc(Br)cs1)c1ccc(CN)c2ccccc12. The van der Waals surface area contributed by atoms with E-state index in [4.69, 9.17) is 5.73 Å². The van der Waals surface area contributed by atoms with E-state index in [2.05, 4.69) is 75.7 Å². The first-order valence-corrected chi connectivity index (χ1v) is 8.51. The Bertz CT molecular complexity index is 766. The summed E-state index contributed by atoms with van der Waals surface area (Å²) in [5.74, 6) is 0. The van der Waals surface area contributed by atoms with Gasteiger partial charge in [-0.05, 0) is 39.0 Å². The van der Waals surface area contributed by atoms with Crippen LogP contribution < -0.4 is 10.6 Å². The molecule has 0 saturated carbocycles. The van der Waals surface area contributed by atoms with Crippen molar-refractivity contribution in [1.29, 1.82) is 0 Å². The van der Waals surface area contributed by atoms with Crippen LogP contribution in [0.1, 0.15) is 10.4 Å². The van der Waals surface area contributed by atoms with Gasteiger partial charge in [-0.2, -0.15) is 0 Å². The molecule has 0 fully saturated rings. The molecule has 0 spiro atoms. The highest BCUT2D eigenvalue weighted by Gasteiger charge is 2.10. The lowest BCUT2D eigenvalue weighted by atomic mass is 10.0. The van der Waals surface area contributed by atoms with Crippen molar-refractivity contribution in [2.24, 2.45) is 5.73 Å². The van der Waals surface area contributed by atoms with Crippen molar-refractivity contribution in [2.45, 2.75) is 13.1 Å². The summed E-state index contributed by atoms with van der Waals surface area (Å²) in [4.78, 5) is 3.64. The molecule has 21 heavy (non-hydrogen) atoms. The first-order valence-electron chi connectivity index (χ1n) is 6.84. The van der Waals surface area contributed by atoms with Gasteiger partial charge in [-0.3, -0.25) is 0 Å². The molecule has 108 valence electrons. The number of hydrogen-bond acceptors (Lipinski definition) is 3. The third-order valence-corrected chi connectivity index (χ3v) is 5.32. The number of fused-ring (bicyclic) bond motifs is 1. The van der Waals surface area contributed by atoms with Gasteiger partial charge in [-0.1, -0.05) is 30.3 Å². The molecule has 2 N–H and O–H groups in total. The highest BCUT2D eigenvalue weighted by atomic mass is 79.9. The number of benzene rings is 2. The number of hydrogen-bond donors (Lipinski definition) is 1. The highest BCUT2D eigenvalue weighted by molar-refractivity contribution is 9.10. The Kier molecular flexibility index (Phi) is 4.29. The summed E-state index contributed by atoms with van der Waals surface area (Å²) in [6, 6.07) is 15.0. The summed E-state index contributed by atoms with van der Waals surface area (Å²) < 4.78 is 1.15. The zero-order valence-electron chi connectivity index (χ0n) is 11.8. The molecule has 0 bridgehead atoms. The van der Waals surface area contributed by atoms with Gasteiger partial charge in [-0.15, -0.1) is 11.3 Å². The summed E-state index contributed by atoms with van der Waals surface area (Å²) in [6.45, 7) is 1.48. The zero-order valence-corrected chi connectivity index (χ0v) is 14.2. The van der Waals surface area contributed by atoms with E-state index in [9.17, 15) is 0 Å². The third-order valence-electron chi connectivity index (χ3n) is 3.64. The molecule has 1 aromatic heterocycles. The Morgan fingerprint density at radius 3 is 2.57 bits per heavy atom. The molecular weight excluding hydrogens is 344 g/mol. The fourth-order valence-corrected chi connectivity index (χ4v) is 4.12. The smallest absolute Gasteiger partial charge is 0.0520 e. The summed E-state index contributed by atoms with van der Waals surface area (Å²) in [6.07, 6.45) is 0. The van der Waals surface area contributed by atoms with Crippen LogP contribution >= 0.6 is 27.3 Å². The lowest BCUT2D eigenvalue weighted by Crippen LogP contribution is -2.16. The quantitative estimate of drug-likeness (QED) is 0.726. The number of nitrogens with two attached hydrogens (primary N) is 1. The second-order valence-corrected chi connectivity index (χ2v) is 6.99. The van der Waals surface area contributed by atoms with E-state index in [-0.39, 0.29) is 0 Å². The molecule has 0 amide bonds. The van der Waals surface area contributed by atoms with Crippen LogP contribution in [0.25, 0.3) is 10.8 Å². The maximum Gasteiger partial charge on any atom is 0.0520 e. The average molecular weight is 361 g/mol. The molecule has 0 aliphatic carbocycles. The molecule has 2 aromatic carbocycles. The van der Waals surface area contributed by atoms with Gasteiger partial charge in [0, 0.05) is 39.4 Å². The van der Waals surface area contributed by atoms with Crippen LogP contribution in [0.4, 0.5) is 5.69 Å². The van der Waals surface area contributed by atoms with Crippen LogP contribution in [-0.2, 0) is 13.1 Å². The molecule has 4 heteroatoms. The molecule has 1 heterocycles. The molecule has 0 aliphatic rings. The molecular formula is C17H17BrN2S. The summed E-state index contributed by atoms with van der Waals surface area (Å²) >= 11 is 5.29. The minimum atomic E-state index is 0.572. The predicted molar refractivity (Wildman–Crippen MR) is 96.0 cm³/mol. The fourth-order valence-electron chi connectivity index (χ4n) is 2.61. The van der Waals surface area contributed by atoms with E-state index in [1.54, 1.807) is 11.3 Å². The minimum Gasteiger partial charge on any atom is -0.369 e. The fraction of sp³-hybridized carbons (Fsp3) is 0.176. The van der Waals surface area contributed by atoms with Crippen LogP contribution in [0.5, 0.6) is 0 Å². The van der Waals surface area contributed by atoms with Crippen LogP contribution in [-0.4, -0.2) is 7.05 Å². The Balaban J connectivity index is 2.00. The van der Waals surface area contributed by atoms with Crippen LogP contribution in [0.3, 0.4) is 0 Å². The predicted octanol–water partition coefficient (Wildman–Crippen LogP) is 4.76. The Labute approximate surface area is 137 Å². The Morgan fingerprint density at radius 1 is 1.14 bits per heavy atom. The van der Waals surface area contributed by atoms with Crippen molar-refractivity contribution < 1.29 is 0 Å². The van der Waals surface area contributed by atoms with E-state index < -0.39 is 0 Å². The molecule has 0 saturated heterocycles. The van der Waals surface area contributed by atoms with Crippen molar-refractivity contribution in [1.82, 2.24) is 0 Å². The van der Waals surface area contributed by atoms with Gasteiger partial charge in [0.25, 0.3) is 0 Å². The molecule has 3 aromatic rings. The third kappa shape index (κ3) is 2.98. The number of anilines is 1. The maximum atomic E-state index is 5.85. The van der Waals surface area contributed by atoms with E-state index in [1.807, 2.05) is 0 Å². The number of halogens is 1. The van der Waals surface area contributed by atoms with Gasteiger partial charge in [0.1, 0.15) is 0 Å². The van der Waals surface area contributed by atoms with Crippen molar-refractivity contribution in [3.63, 3.8) is 0 Å². The van der Waals surface area contributed by atoms with Crippen molar-refractivity contribution in [3.8, 4) is 0 Å².